The van der Waals surface area contributed by atoms with Gasteiger partial charge < -0.3 is 5.32 Å². The van der Waals surface area contributed by atoms with Crippen molar-refractivity contribution < 1.29 is 0 Å². The standard InChI is InChI=1S/C12H11ClN2/c1-9-4-6-10(7-5-9)15-11-3-2-8-14-12(11)13/h2-8,15H,1H3. The molecule has 0 radical (unpaired) electrons. The molecule has 2 nitrogen and oxygen atoms in total. The van der Waals surface area contributed by atoms with Crippen molar-refractivity contribution in [2.24, 2.45) is 0 Å². The molecule has 76 valence electrons. The maximum atomic E-state index is 5.93. The largest absolute Gasteiger partial charge is 0.353 e. The molecule has 1 aromatic carbocycles. The Balaban J connectivity index is 2.22. The van der Waals surface area contributed by atoms with Crippen molar-refractivity contribution in [1.29, 1.82) is 0 Å². The number of rotatable bonds is 2. The van der Waals surface area contributed by atoms with E-state index in [1.54, 1.807) is 6.20 Å². The Kier molecular flexibility index (Phi) is 2.88. The average Bonchev–Trinajstić information content (AvgIpc) is 2.25. The van der Waals surface area contributed by atoms with Crippen LogP contribution < -0.4 is 5.32 Å². The highest BCUT2D eigenvalue weighted by Crippen LogP contribution is 2.22. The minimum Gasteiger partial charge on any atom is -0.353 e. The zero-order valence-electron chi connectivity index (χ0n) is 8.37. The van der Waals surface area contributed by atoms with Crippen LogP contribution in [0.4, 0.5) is 11.4 Å². The van der Waals surface area contributed by atoms with Gasteiger partial charge in [0.1, 0.15) is 0 Å². The molecule has 0 bridgehead atoms. The third-order valence-electron chi connectivity index (χ3n) is 2.09. The van der Waals surface area contributed by atoms with Crippen LogP contribution in [-0.4, -0.2) is 4.98 Å². The zero-order valence-corrected chi connectivity index (χ0v) is 9.12. The average molecular weight is 219 g/mol. The number of halogens is 1. The molecule has 15 heavy (non-hydrogen) atoms. The molecule has 1 aromatic heterocycles. The summed E-state index contributed by atoms with van der Waals surface area (Å²) in [5, 5.41) is 3.69. The molecule has 0 saturated heterocycles. The summed E-state index contributed by atoms with van der Waals surface area (Å²) in [6.45, 7) is 2.06. The summed E-state index contributed by atoms with van der Waals surface area (Å²) >= 11 is 5.93. The Morgan fingerprint density at radius 1 is 1.13 bits per heavy atom. The van der Waals surface area contributed by atoms with Gasteiger partial charge in [-0.1, -0.05) is 29.3 Å². The molecule has 0 fully saturated rings. The molecule has 0 amide bonds. The fourth-order valence-corrected chi connectivity index (χ4v) is 1.44. The van der Waals surface area contributed by atoms with Gasteiger partial charge in [0.05, 0.1) is 5.69 Å². The first-order chi connectivity index (χ1) is 7.25. The van der Waals surface area contributed by atoms with Gasteiger partial charge in [-0.3, -0.25) is 0 Å². The smallest absolute Gasteiger partial charge is 0.152 e. The van der Waals surface area contributed by atoms with Crippen molar-refractivity contribution in [3.63, 3.8) is 0 Å². The molecule has 1 heterocycles. The number of aromatic nitrogens is 1. The summed E-state index contributed by atoms with van der Waals surface area (Å²) in [6, 6.07) is 11.9. The van der Waals surface area contributed by atoms with Crippen molar-refractivity contribution >= 4 is 23.0 Å². The highest BCUT2D eigenvalue weighted by atomic mass is 35.5. The normalized spacial score (nSPS) is 10.0. The van der Waals surface area contributed by atoms with Gasteiger partial charge in [-0.15, -0.1) is 0 Å². The van der Waals surface area contributed by atoms with Gasteiger partial charge in [0.15, 0.2) is 5.15 Å². The molecule has 0 aliphatic heterocycles. The number of pyridine rings is 1. The Labute approximate surface area is 93.9 Å². The molecule has 2 aromatic rings. The molecule has 0 spiro atoms. The maximum absolute atomic E-state index is 5.93. The fourth-order valence-electron chi connectivity index (χ4n) is 1.27. The summed E-state index contributed by atoms with van der Waals surface area (Å²) in [4.78, 5) is 4.00. The molecule has 0 saturated carbocycles. The van der Waals surface area contributed by atoms with Crippen LogP contribution in [0.2, 0.25) is 5.15 Å². The number of nitrogens with one attached hydrogen (secondary N) is 1. The van der Waals surface area contributed by atoms with Crippen LogP contribution in [0.1, 0.15) is 5.56 Å². The fraction of sp³-hybridized carbons (Fsp3) is 0.0833. The van der Waals surface area contributed by atoms with Gasteiger partial charge in [0, 0.05) is 11.9 Å². The van der Waals surface area contributed by atoms with Crippen LogP contribution >= 0.6 is 11.6 Å². The second-order valence-electron chi connectivity index (χ2n) is 3.33. The Morgan fingerprint density at radius 3 is 2.53 bits per heavy atom. The van der Waals surface area contributed by atoms with E-state index < -0.39 is 0 Å². The van der Waals surface area contributed by atoms with E-state index in [9.17, 15) is 0 Å². The van der Waals surface area contributed by atoms with E-state index in [0.29, 0.717) is 5.15 Å². The Hall–Kier alpha value is -1.54. The first-order valence-corrected chi connectivity index (χ1v) is 5.08. The molecule has 0 atom stereocenters. The third-order valence-corrected chi connectivity index (χ3v) is 2.39. The van der Waals surface area contributed by atoms with Crippen LogP contribution in [-0.2, 0) is 0 Å². The van der Waals surface area contributed by atoms with E-state index in [2.05, 4.69) is 17.2 Å². The molecular formula is C12H11ClN2. The lowest BCUT2D eigenvalue weighted by molar-refractivity contribution is 1.32. The SMILES string of the molecule is Cc1ccc(Nc2cccnc2Cl)cc1. The van der Waals surface area contributed by atoms with Gasteiger partial charge in [-0.05, 0) is 31.2 Å². The van der Waals surface area contributed by atoms with E-state index in [1.807, 2.05) is 36.4 Å². The highest BCUT2D eigenvalue weighted by molar-refractivity contribution is 6.32. The summed E-state index contributed by atoms with van der Waals surface area (Å²) in [7, 11) is 0. The maximum Gasteiger partial charge on any atom is 0.152 e. The summed E-state index contributed by atoms with van der Waals surface area (Å²) in [6.07, 6.45) is 1.67. The third kappa shape index (κ3) is 2.48. The number of hydrogen-bond donors (Lipinski definition) is 1. The molecule has 2 rings (SSSR count). The minimum atomic E-state index is 0.484. The summed E-state index contributed by atoms with van der Waals surface area (Å²) < 4.78 is 0. The molecule has 0 aliphatic rings. The van der Waals surface area contributed by atoms with Gasteiger partial charge in [0.2, 0.25) is 0 Å². The van der Waals surface area contributed by atoms with Crippen LogP contribution in [0.25, 0.3) is 0 Å². The summed E-state index contributed by atoms with van der Waals surface area (Å²) in [5.41, 5.74) is 3.07. The monoisotopic (exact) mass is 218 g/mol. The van der Waals surface area contributed by atoms with E-state index in [0.717, 1.165) is 11.4 Å². The van der Waals surface area contributed by atoms with E-state index in [1.165, 1.54) is 5.56 Å². The van der Waals surface area contributed by atoms with Crippen LogP contribution in [0, 0.1) is 6.92 Å². The lowest BCUT2D eigenvalue weighted by atomic mass is 10.2. The predicted molar refractivity (Wildman–Crippen MR) is 63.7 cm³/mol. The lowest BCUT2D eigenvalue weighted by Gasteiger charge is -2.07. The quantitative estimate of drug-likeness (QED) is 0.776. The van der Waals surface area contributed by atoms with Crippen LogP contribution in [0.3, 0.4) is 0 Å². The van der Waals surface area contributed by atoms with Crippen molar-refractivity contribution in [2.75, 3.05) is 5.32 Å². The second kappa shape index (κ2) is 4.32. The van der Waals surface area contributed by atoms with Gasteiger partial charge in [-0.25, -0.2) is 4.98 Å². The number of nitrogens with zero attached hydrogens (tertiary/aromatic N) is 1. The lowest BCUT2D eigenvalue weighted by Crippen LogP contribution is -1.91. The number of benzene rings is 1. The number of aryl methyl sites for hydroxylation is 1. The minimum absolute atomic E-state index is 0.484. The van der Waals surface area contributed by atoms with Crippen molar-refractivity contribution in [2.45, 2.75) is 6.92 Å². The van der Waals surface area contributed by atoms with E-state index in [4.69, 9.17) is 11.6 Å². The topological polar surface area (TPSA) is 24.9 Å². The van der Waals surface area contributed by atoms with Gasteiger partial charge in [0.25, 0.3) is 0 Å². The number of hydrogen-bond acceptors (Lipinski definition) is 2. The van der Waals surface area contributed by atoms with Gasteiger partial charge >= 0.3 is 0 Å². The Morgan fingerprint density at radius 2 is 1.87 bits per heavy atom. The first-order valence-electron chi connectivity index (χ1n) is 4.70. The summed E-state index contributed by atoms with van der Waals surface area (Å²) in [5.74, 6) is 0. The molecule has 0 unspecified atom stereocenters. The predicted octanol–water partition coefficient (Wildman–Crippen LogP) is 3.79. The highest BCUT2D eigenvalue weighted by Gasteiger charge is 1.99. The number of anilines is 2. The molecule has 3 heteroatoms. The van der Waals surface area contributed by atoms with Crippen LogP contribution in [0.5, 0.6) is 0 Å². The van der Waals surface area contributed by atoms with Crippen molar-refractivity contribution in [1.82, 2.24) is 4.98 Å². The first kappa shape index (κ1) is 9.99. The second-order valence-corrected chi connectivity index (χ2v) is 3.69. The molecule has 1 N–H and O–H groups in total. The van der Waals surface area contributed by atoms with Crippen molar-refractivity contribution in [3.8, 4) is 0 Å². The molecule has 0 aliphatic carbocycles. The van der Waals surface area contributed by atoms with E-state index in [-0.39, 0.29) is 0 Å². The molecular weight excluding hydrogens is 208 g/mol. The van der Waals surface area contributed by atoms with Gasteiger partial charge in [-0.2, -0.15) is 0 Å². The zero-order chi connectivity index (χ0) is 10.7. The van der Waals surface area contributed by atoms with Crippen molar-refractivity contribution in [3.05, 3.63) is 53.3 Å². The van der Waals surface area contributed by atoms with Crippen LogP contribution in [0.15, 0.2) is 42.6 Å². The Bertz CT molecular complexity index is 451. The van der Waals surface area contributed by atoms with E-state index >= 15 is 0 Å².